The predicted molar refractivity (Wildman–Crippen MR) is 223 cm³/mol. The highest BCUT2D eigenvalue weighted by molar-refractivity contribution is 6.33. The number of amides is 4. The maximum Gasteiger partial charge on any atom is 0.410 e. The van der Waals surface area contributed by atoms with Gasteiger partial charge in [-0.3, -0.25) is 0 Å². The molecule has 0 aliphatic carbocycles. The number of halogens is 1. The fourth-order valence-corrected chi connectivity index (χ4v) is 5.51. The molecule has 0 bridgehead atoms. The lowest BCUT2D eigenvalue weighted by Crippen LogP contribution is -2.42. The molecule has 3 rings (SSSR count). The number of alkyl carbamates (subject to hydrolysis) is 2. The molecule has 328 valence electrons. The zero-order valence-corrected chi connectivity index (χ0v) is 37.2. The van der Waals surface area contributed by atoms with Crippen molar-refractivity contribution in [3.05, 3.63) is 40.8 Å². The van der Waals surface area contributed by atoms with E-state index < -0.39 is 46.8 Å². The van der Waals surface area contributed by atoms with Crippen molar-refractivity contribution in [2.24, 2.45) is 0 Å². The number of nitrogen functional groups attached to an aromatic ring is 1. The van der Waals surface area contributed by atoms with Crippen LogP contribution in [0, 0.1) is 0 Å². The summed E-state index contributed by atoms with van der Waals surface area (Å²) in [6.45, 7) is 22.3. The lowest BCUT2D eigenvalue weighted by atomic mass is 10.1. The van der Waals surface area contributed by atoms with Gasteiger partial charge in [0, 0.05) is 45.8 Å². The van der Waals surface area contributed by atoms with Crippen molar-refractivity contribution in [1.29, 1.82) is 0 Å². The molecule has 4 amide bonds. The monoisotopic (exact) mass is 847 g/mol. The Morgan fingerprint density at radius 1 is 0.712 bits per heavy atom. The van der Waals surface area contributed by atoms with E-state index >= 15 is 0 Å². The number of carbonyl (C=O) groups is 4. The molecular formula is C40H62ClN9O9. The number of rotatable bonds is 15. The van der Waals surface area contributed by atoms with Crippen molar-refractivity contribution in [2.75, 3.05) is 38.5 Å². The zero-order chi connectivity index (χ0) is 44.3. The van der Waals surface area contributed by atoms with Crippen LogP contribution in [-0.4, -0.2) is 109 Å². The van der Waals surface area contributed by atoms with E-state index in [4.69, 9.17) is 41.0 Å². The van der Waals surface area contributed by atoms with Crippen LogP contribution in [0.15, 0.2) is 24.5 Å². The summed E-state index contributed by atoms with van der Waals surface area (Å²) in [4.78, 5) is 67.4. The standard InChI is InChI=1S/C40H62ClN9O9/c1-37(2,3)56-33(51)43-14-17-48(35(53)58-39(7,8)9)23-26-20-27(24-49(36(54)59-40(10,11)12)18-15-44-34(52)57-38(4,5)6)22-28(21-26)55-19-13-16-50-25-45-29-30(41)46-32(42)47-31(29)50/h20-22,25H,13-19,23-24H2,1-12H3,(H,43,51)(H,44,52)(H2,42,46,47). The van der Waals surface area contributed by atoms with E-state index in [0.717, 1.165) is 0 Å². The Balaban J connectivity index is 1.92. The fraction of sp³-hybridized carbons (Fsp3) is 0.625. The van der Waals surface area contributed by atoms with Crippen molar-refractivity contribution in [1.82, 2.24) is 40.0 Å². The van der Waals surface area contributed by atoms with Gasteiger partial charge in [0.05, 0.1) is 12.9 Å². The number of fused-ring (bicyclic) bond motifs is 1. The first kappa shape index (κ1) is 48.1. The van der Waals surface area contributed by atoms with Crippen LogP contribution in [0.1, 0.15) is 101 Å². The number of imidazole rings is 1. The molecule has 0 spiro atoms. The Morgan fingerprint density at radius 2 is 1.17 bits per heavy atom. The van der Waals surface area contributed by atoms with E-state index in [-0.39, 0.29) is 57.0 Å². The van der Waals surface area contributed by atoms with E-state index in [2.05, 4.69) is 25.6 Å². The van der Waals surface area contributed by atoms with E-state index in [9.17, 15) is 19.2 Å². The number of carbonyl (C=O) groups excluding carboxylic acids is 4. The summed E-state index contributed by atoms with van der Waals surface area (Å²) in [7, 11) is 0. The third-order valence-electron chi connectivity index (χ3n) is 7.43. The van der Waals surface area contributed by atoms with Gasteiger partial charge in [0.15, 0.2) is 10.8 Å². The largest absolute Gasteiger partial charge is 0.494 e. The number of benzene rings is 1. The highest BCUT2D eigenvalue weighted by Crippen LogP contribution is 2.24. The maximum absolute atomic E-state index is 13.5. The number of hydrogen-bond donors (Lipinski definition) is 3. The summed E-state index contributed by atoms with van der Waals surface area (Å²) in [5, 5.41) is 5.55. The van der Waals surface area contributed by atoms with Crippen molar-refractivity contribution < 1.29 is 42.9 Å². The van der Waals surface area contributed by atoms with Gasteiger partial charge in [0.25, 0.3) is 0 Å². The Morgan fingerprint density at radius 3 is 1.61 bits per heavy atom. The van der Waals surface area contributed by atoms with Crippen LogP contribution in [0.2, 0.25) is 5.15 Å². The lowest BCUT2D eigenvalue weighted by molar-refractivity contribution is 0.0222. The second kappa shape index (κ2) is 20.1. The summed E-state index contributed by atoms with van der Waals surface area (Å²) in [5.74, 6) is 0.501. The Kier molecular flexibility index (Phi) is 16.4. The van der Waals surface area contributed by atoms with Crippen molar-refractivity contribution >= 4 is 53.1 Å². The molecular weight excluding hydrogens is 786 g/mol. The molecule has 1 aromatic carbocycles. The summed E-state index contributed by atoms with van der Waals surface area (Å²) < 4.78 is 30.3. The molecule has 2 heterocycles. The molecule has 3 aromatic rings. The minimum atomic E-state index is -0.797. The fourth-order valence-electron chi connectivity index (χ4n) is 5.29. The minimum absolute atomic E-state index is 0.0342. The van der Waals surface area contributed by atoms with Crippen molar-refractivity contribution in [3.63, 3.8) is 0 Å². The van der Waals surface area contributed by atoms with Crippen molar-refractivity contribution in [3.8, 4) is 5.75 Å². The third-order valence-corrected chi connectivity index (χ3v) is 7.69. The summed E-state index contributed by atoms with van der Waals surface area (Å²) in [6, 6.07) is 5.43. The molecule has 19 heteroatoms. The van der Waals surface area contributed by atoms with Crippen LogP contribution in [0.4, 0.5) is 25.1 Å². The van der Waals surface area contributed by atoms with Gasteiger partial charge < -0.3 is 54.4 Å². The van der Waals surface area contributed by atoms with Gasteiger partial charge in [0.1, 0.15) is 33.7 Å². The third kappa shape index (κ3) is 18.0. The minimum Gasteiger partial charge on any atom is -0.494 e. The molecule has 0 aliphatic heterocycles. The molecule has 0 saturated heterocycles. The van der Waals surface area contributed by atoms with Gasteiger partial charge in [-0.2, -0.15) is 9.97 Å². The van der Waals surface area contributed by atoms with Crippen LogP contribution in [0.3, 0.4) is 0 Å². The van der Waals surface area contributed by atoms with Gasteiger partial charge >= 0.3 is 24.4 Å². The van der Waals surface area contributed by atoms with Gasteiger partial charge in [-0.05, 0) is 113 Å². The Bertz CT molecular complexity index is 1830. The first-order valence-corrected chi connectivity index (χ1v) is 19.8. The normalized spacial score (nSPS) is 12.1. The summed E-state index contributed by atoms with van der Waals surface area (Å²) in [6.07, 6.45) is -0.298. The van der Waals surface area contributed by atoms with Gasteiger partial charge in [0.2, 0.25) is 5.95 Å². The molecule has 0 aliphatic rings. The van der Waals surface area contributed by atoms with Crippen molar-refractivity contribution in [2.45, 2.75) is 132 Å². The number of aromatic nitrogens is 4. The number of ether oxygens (including phenoxy) is 5. The Hall–Kier alpha value is -5.26. The average molecular weight is 848 g/mol. The lowest BCUT2D eigenvalue weighted by Gasteiger charge is -2.29. The predicted octanol–water partition coefficient (Wildman–Crippen LogP) is 7.05. The van der Waals surface area contributed by atoms with Crippen LogP contribution in [0.25, 0.3) is 11.2 Å². The molecule has 0 atom stereocenters. The SMILES string of the molecule is CC(C)(C)OC(=O)NCCN(Cc1cc(CN(CCNC(=O)OC(C)(C)C)C(=O)OC(C)(C)C)cc(OCCCn2cnc3c(Cl)nc(N)nc32)c1)C(=O)OC(C)(C)C. The van der Waals surface area contributed by atoms with Gasteiger partial charge in [-0.1, -0.05) is 17.7 Å². The molecule has 0 radical (unpaired) electrons. The molecule has 0 unspecified atom stereocenters. The van der Waals surface area contributed by atoms with E-state index in [1.807, 2.05) is 6.07 Å². The molecule has 2 aromatic heterocycles. The second-order valence-electron chi connectivity index (χ2n) is 17.8. The van der Waals surface area contributed by atoms with Crippen LogP contribution in [0.5, 0.6) is 5.75 Å². The average Bonchev–Trinajstić information content (AvgIpc) is 3.45. The first-order valence-electron chi connectivity index (χ1n) is 19.5. The van der Waals surface area contributed by atoms with Crippen LogP contribution >= 0.6 is 11.6 Å². The molecule has 59 heavy (non-hydrogen) atoms. The summed E-state index contributed by atoms with van der Waals surface area (Å²) >= 11 is 6.21. The molecule has 0 saturated carbocycles. The molecule has 18 nitrogen and oxygen atoms in total. The number of nitrogens with zero attached hydrogens (tertiary/aromatic N) is 6. The molecule has 4 N–H and O–H groups in total. The quantitative estimate of drug-likeness (QED) is 0.0795. The smallest absolute Gasteiger partial charge is 0.410 e. The second-order valence-corrected chi connectivity index (χ2v) is 18.2. The number of anilines is 1. The number of aryl methyl sites for hydroxylation is 1. The number of nitrogens with two attached hydrogens (primary N) is 1. The number of hydrogen-bond acceptors (Lipinski definition) is 13. The maximum atomic E-state index is 13.5. The molecule has 0 fully saturated rings. The number of nitrogens with one attached hydrogen (secondary N) is 2. The van der Waals surface area contributed by atoms with Gasteiger partial charge in [-0.25, -0.2) is 24.2 Å². The van der Waals surface area contributed by atoms with Gasteiger partial charge in [-0.15, -0.1) is 0 Å². The highest BCUT2D eigenvalue weighted by Gasteiger charge is 2.26. The summed E-state index contributed by atoms with van der Waals surface area (Å²) in [5.41, 5.74) is 5.06. The zero-order valence-electron chi connectivity index (χ0n) is 36.5. The van der Waals surface area contributed by atoms with E-state index in [1.54, 1.807) is 106 Å². The van der Waals surface area contributed by atoms with Crippen LogP contribution in [-0.2, 0) is 38.6 Å². The Labute approximate surface area is 351 Å². The van der Waals surface area contributed by atoms with E-state index in [1.165, 1.54) is 9.80 Å². The highest BCUT2D eigenvalue weighted by atomic mass is 35.5. The van der Waals surface area contributed by atoms with E-state index in [0.29, 0.717) is 41.0 Å². The first-order chi connectivity index (χ1) is 27.2. The van der Waals surface area contributed by atoms with Crippen LogP contribution < -0.4 is 21.1 Å². The topological polar surface area (TPSA) is 215 Å².